The fraction of sp³-hybridized carbons (Fsp3) is 0.556. The molecule has 1 aliphatic heterocycles. The highest BCUT2D eigenvalue weighted by Crippen LogP contribution is 2.33. The van der Waals surface area contributed by atoms with Crippen LogP contribution in [0.2, 0.25) is 0 Å². The molecule has 0 radical (unpaired) electrons. The second-order valence-corrected chi connectivity index (χ2v) is 6.60. The van der Waals surface area contributed by atoms with E-state index in [4.69, 9.17) is 0 Å². The van der Waals surface area contributed by atoms with Crippen LogP contribution in [-0.2, 0) is 9.59 Å². The van der Waals surface area contributed by atoms with E-state index in [-0.39, 0.29) is 30.4 Å². The largest absolute Gasteiger partial charge is 0.372 e. The minimum Gasteiger partial charge on any atom is -0.372 e. The third-order valence-electron chi connectivity index (χ3n) is 4.77. The van der Waals surface area contributed by atoms with Gasteiger partial charge in [-0.2, -0.15) is 0 Å². The Morgan fingerprint density at radius 1 is 1.35 bits per heavy atom. The predicted octanol–water partition coefficient (Wildman–Crippen LogP) is 2.59. The first-order valence-electron chi connectivity index (χ1n) is 8.56. The predicted molar refractivity (Wildman–Crippen MR) is 91.6 cm³/mol. The van der Waals surface area contributed by atoms with Crippen LogP contribution in [0.1, 0.15) is 44.6 Å². The minimum atomic E-state index is -0.261. The number of carbonyl (C=O) groups is 2. The number of carbonyl (C=O) groups excluding carboxylic acids is 2. The lowest BCUT2D eigenvalue weighted by Crippen LogP contribution is -2.51. The Hall–Kier alpha value is -2.04. The molecule has 1 aromatic carbocycles. The van der Waals surface area contributed by atoms with Gasteiger partial charge in [0, 0.05) is 6.04 Å². The number of anilines is 2. The van der Waals surface area contributed by atoms with Crippen LogP contribution in [0.25, 0.3) is 0 Å². The number of nitrogens with zero attached hydrogens (tertiary/aromatic N) is 1. The van der Waals surface area contributed by atoms with Crippen molar-refractivity contribution < 1.29 is 9.59 Å². The maximum absolute atomic E-state index is 12.7. The van der Waals surface area contributed by atoms with Gasteiger partial charge in [0.1, 0.15) is 12.6 Å². The summed E-state index contributed by atoms with van der Waals surface area (Å²) in [5.41, 5.74) is 2.87. The summed E-state index contributed by atoms with van der Waals surface area (Å²) in [6.45, 7) is 4.10. The average molecular weight is 315 g/mol. The Labute approximate surface area is 137 Å². The summed E-state index contributed by atoms with van der Waals surface area (Å²) in [6, 6.07) is 5.95. The molecule has 1 saturated carbocycles. The van der Waals surface area contributed by atoms with Gasteiger partial charge in [-0.25, -0.2) is 0 Å². The van der Waals surface area contributed by atoms with Gasteiger partial charge in [-0.15, -0.1) is 0 Å². The van der Waals surface area contributed by atoms with Crippen molar-refractivity contribution >= 4 is 23.2 Å². The molecule has 2 N–H and O–H groups in total. The molecule has 1 heterocycles. The van der Waals surface area contributed by atoms with Gasteiger partial charge < -0.3 is 10.6 Å². The molecule has 0 aromatic heterocycles. The first-order valence-corrected chi connectivity index (χ1v) is 8.56. The Balaban J connectivity index is 1.78. The summed E-state index contributed by atoms with van der Waals surface area (Å²) in [6.07, 6.45) is 5.16. The van der Waals surface area contributed by atoms with E-state index in [1.54, 1.807) is 4.90 Å². The highest BCUT2D eigenvalue weighted by molar-refractivity contribution is 6.07. The van der Waals surface area contributed by atoms with Crippen LogP contribution < -0.4 is 15.5 Å². The van der Waals surface area contributed by atoms with Crippen LogP contribution in [0.4, 0.5) is 11.4 Å². The van der Waals surface area contributed by atoms with Crippen LogP contribution in [0.15, 0.2) is 18.2 Å². The second kappa shape index (κ2) is 6.60. The zero-order valence-corrected chi connectivity index (χ0v) is 13.9. The summed E-state index contributed by atoms with van der Waals surface area (Å²) in [5, 5.41) is 6.36. The molecule has 1 fully saturated rings. The van der Waals surface area contributed by atoms with Gasteiger partial charge in [-0.1, -0.05) is 25.8 Å². The van der Waals surface area contributed by atoms with Gasteiger partial charge in [0.2, 0.25) is 11.8 Å². The average Bonchev–Trinajstić information content (AvgIpc) is 3.02. The van der Waals surface area contributed by atoms with Gasteiger partial charge in [-0.05, 0) is 43.9 Å². The lowest BCUT2D eigenvalue weighted by Gasteiger charge is -2.35. The summed E-state index contributed by atoms with van der Waals surface area (Å²) in [7, 11) is 0. The Kier molecular flexibility index (Phi) is 4.55. The zero-order chi connectivity index (χ0) is 16.4. The normalized spacial score (nSPS) is 21.0. The molecule has 0 spiro atoms. The maximum atomic E-state index is 12.7. The van der Waals surface area contributed by atoms with Crippen molar-refractivity contribution in [1.29, 1.82) is 0 Å². The lowest BCUT2D eigenvalue weighted by atomic mass is 10.1. The molecule has 0 saturated heterocycles. The smallest absolute Gasteiger partial charge is 0.250 e. The number of hydrogen-bond acceptors (Lipinski definition) is 3. The second-order valence-electron chi connectivity index (χ2n) is 6.60. The Morgan fingerprint density at radius 2 is 2.09 bits per heavy atom. The molecule has 1 aromatic rings. The number of hydrogen-bond donors (Lipinski definition) is 2. The molecule has 1 unspecified atom stereocenters. The minimum absolute atomic E-state index is 0.0228. The monoisotopic (exact) mass is 315 g/mol. The number of nitrogens with one attached hydrogen (secondary N) is 2. The van der Waals surface area contributed by atoms with Crippen molar-refractivity contribution in [3.8, 4) is 0 Å². The molecule has 0 bridgehead atoms. The van der Waals surface area contributed by atoms with Gasteiger partial charge in [0.05, 0.1) is 11.4 Å². The van der Waals surface area contributed by atoms with Crippen molar-refractivity contribution in [2.24, 2.45) is 0 Å². The van der Waals surface area contributed by atoms with E-state index in [1.807, 2.05) is 32.0 Å². The van der Waals surface area contributed by atoms with Gasteiger partial charge >= 0.3 is 0 Å². The van der Waals surface area contributed by atoms with Crippen molar-refractivity contribution in [2.75, 3.05) is 16.8 Å². The molecule has 5 heteroatoms. The first-order chi connectivity index (χ1) is 11.1. The van der Waals surface area contributed by atoms with E-state index in [1.165, 1.54) is 12.8 Å². The fourth-order valence-corrected chi connectivity index (χ4v) is 3.48. The van der Waals surface area contributed by atoms with Crippen molar-refractivity contribution in [3.63, 3.8) is 0 Å². The first kappa shape index (κ1) is 15.8. The molecular weight excluding hydrogens is 290 g/mol. The van der Waals surface area contributed by atoms with Gasteiger partial charge in [-0.3, -0.25) is 14.5 Å². The van der Waals surface area contributed by atoms with E-state index in [2.05, 4.69) is 10.6 Å². The van der Waals surface area contributed by atoms with Crippen LogP contribution in [0, 0.1) is 6.92 Å². The summed E-state index contributed by atoms with van der Waals surface area (Å²) in [4.78, 5) is 26.6. The molecule has 3 rings (SSSR count). The maximum Gasteiger partial charge on any atom is 0.250 e. The van der Waals surface area contributed by atoms with Gasteiger partial charge in [0.15, 0.2) is 0 Å². The third kappa shape index (κ3) is 3.33. The zero-order valence-electron chi connectivity index (χ0n) is 13.9. The van der Waals surface area contributed by atoms with E-state index in [0.717, 1.165) is 29.8 Å². The molecule has 2 aliphatic rings. The topological polar surface area (TPSA) is 61.4 Å². The number of benzene rings is 1. The number of rotatable bonds is 4. The van der Waals surface area contributed by atoms with E-state index >= 15 is 0 Å². The van der Waals surface area contributed by atoms with Crippen molar-refractivity contribution in [2.45, 2.75) is 58.0 Å². The molecule has 2 amide bonds. The van der Waals surface area contributed by atoms with Crippen LogP contribution in [0.3, 0.4) is 0 Å². The van der Waals surface area contributed by atoms with Gasteiger partial charge in [0.25, 0.3) is 0 Å². The van der Waals surface area contributed by atoms with Crippen LogP contribution in [0.5, 0.6) is 0 Å². The lowest BCUT2D eigenvalue weighted by molar-refractivity contribution is -0.124. The van der Waals surface area contributed by atoms with Crippen molar-refractivity contribution in [3.05, 3.63) is 23.8 Å². The van der Waals surface area contributed by atoms with E-state index in [9.17, 15) is 9.59 Å². The molecular formula is C18H25N3O2. The standard InChI is InChI=1S/C18H25N3O2/c1-3-14-18(23)21(11-17(22)19-13-6-4-5-7-13)16-9-8-12(2)10-15(16)20-14/h8-10,13-14,20H,3-7,11H2,1-2H3,(H,19,22). The highest BCUT2D eigenvalue weighted by Gasteiger charge is 2.32. The molecule has 124 valence electrons. The molecule has 5 nitrogen and oxygen atoms in total. The number of aryl methyl sites for hydroxylation is 1. The number of fused-ring (bicyclic) bond motifs is 1. The number of amides is 2. The molecule has 23 heavy (non-hydrogen) atoms. The Bertz CT molecular complexity index is 608. The fourth-order valence-electron chi connectivity index (χ4n) is 3.48. The Morgan fingerprint density at radius 3 is 2.78 bits per heavy atom. The third-order valence-corrected chi connectivity index (χ3v) is 4.77. The summed E-state index contributed by atoms with van der Waals surface area (Å²) < 4.78 is 0. The van der Waals surface area contributed by atoms with Crippen molar-refractivity contribution in [1.82, 2.24) is 5.32 Å². The highest BCUT2D eigenvalue weighted by atomic mass is 16.2. The quantitative estimate of drug-likeness (QED) is 0.898. The van der Waals surface area contributed by atoms with Crippen LogP contribution >= 0.6 is 0 Å². The molecule has 1 atom stereocenters. The van der Waals surface area contributed by atoms with E-state index < -0.39 is 0 Å². The van der Waals surface area contributed by atoms with Crippen LogP contribution in [-0.4, -0.2) is 30.4 Å². The summed E-state index contributed by atoms with van der Waals surface area (Å²) >= 11 is 0. The van der Waals surface area contributed by atoms with E-state index in [0.29, 0.717) is 6.42 Å². The molecule has 1 aliphatic carbocycles. The summed E-state index contributed by atoms with van der Waals surface area (Å²) in [5.74, 6) is -0.0843. The SMILES string of the molecule is CCC1Nc2cc(C)ccc2N(CC(=O)NC2CCCC2)C1=O.